The fourth-order valence-corrected chi connectivity index (χ4v) is 1.53. The van der Waals surface area contributed by atoms with E-state index in [0.29, 0.717) is 23.6 Å². The summed E-state index contributed by atoms with van der Waals surface area (Å²) in [4.78, 5) is 12.0. The summed E-state index contributed by atoms with van der Waals surface area (Å²) in [5.41, 5.74) is 6.20. The van der Waals surface area contributed by atoms with E-state index in [-0.39, 0.29) is 11.9 Å². The normalized spacial score (nSPS) is 11.8. The van der Waals surface area contributed by atoms with Gasteiger partial charge in [-0.1, -0.05) is 13.0 Å². The van der Waals surface area contributed by atoms with Gasteiger partial charge in [0.25, 0.3) is 5.91 Å². The molecule has 0 heterocycles. The molecule has 1 rings (SSSR count). The summed E-state index contributed by atoms with van der Waals surface area (Å²) >= 11 is 0. The Balaban J connectivity index is 2.85. The van der Waals surface area contributed by atoms with Crippen LogP contribution in [0.15, 0.2) is 18.2 Å². The molecule has 3 N–H and O–H groups in total. The molecule has 0 saturated carbocycles. The lowest BCUT2D eigenvalue weighted by Crippen LogP contribution is -2.36. The van der Waals surface area contributed by atoms with E-state index in [9.17, 15) is 4.79 Å². The fraction of sp³-hybridized carbons (Fsp3) is 0.462. The second-order valence-corrected chi connectivity index (χ2v) is 3.92. The number of carbonyl (C=O) groups is 1. The van der Waals surface area contributed by atoms with Crippen molar-refractivity contribution >= 4 is 5.91 Å². The van der Waals surface area contributed by atoms with Gasteiger partial charge in [0.1, 0.15) is 0 Å². The van der Waals surface area contributed by atoms with Crippen molar-refractivity contribution in [3.63, 3.8) is 0 Å². The summed E-state index contributed by atoms with van der Waals surface area (Å²) in [7, 11) is 3.04. The van der Waals surface area contributed by atoms with Gasteiger partial charge in [-0.3, -0.25) is 4.79 Å². The van der Waals surface area contributed by atoms with E-state index in [2.05, 4.69) is 5.32 Å². The number of ether oxygens (including phenoxy) is 2. The van der Waals surface area contributed by atoms with Crippen LogP contribution in [0.3, 0.4) is 0 Å². The van der Waals surface area contributed by atoms with Gasteiger partial charge >= 0.3 is 0 Å². The van der Waals surface area contributed by atoms with Crippen LogP contribution < -0.4 is 20.5 Å². The zero-order valence-electron chi connectivity index (χ0n) is 11.0. The molecule has 1 amide bonds. The van der Waals surface area contributed by atoms with E-state index in [1.165, 1.54) is 14.2 Å². The minimum atomic E-state index is -0.213. The Labute approximate surface area is 107 Å². The van der Waals surface area contributed by atoms with Crippen LogP contribution in [0, 0.1) is 0 Å². The third-order valence-electron chi connectivity index (χ3n) is 2.70. The Morgan fingerprint density at radius 3 is 2.67 bits per heavy atom. The van der Waals surface area contributed by atoms with Gasteiger partial charge in [0.05, 0.1) is 19.8 Å². The van der Waals surface area contributed by atoms with Crippen LogP contribution >= 0.6 is 0 Å². The smallest absolute Gasteiger partial charge is 0.255 e. The molecule has 5 heteroatoms. The highest BCUT2D eigenvalue weighted by Gasteiger charge is 2.16. The molecule has 0 aliphatic rings. The van der Waals surface area contributed by atoms with Crippen LogP contribution in [0.2, 0.25) is 0 Å². The highest BCUT2D eigenvalue weighted by molar-refractivity contribution is 5.97. The topological polar surface area (TPSA) is 73.6 Å². The van der Waals surface area contributed by atoms with Gasteiger partial charge in [-0.25, -0.2) is 0 Å². The van der Waals surface area contributed by atoms with Gasteiger partial charge in [0.15, 0.2) is 11.5 Å². The molecule has 18 heavy (non-hydrogen) atoms. The Morgan fingerprint density at radius 2 is 2.11 bits per heavy atom. The minimum Gasteiger partial charge on any atom is -0.493 e. The maximum atomic E-state index is 12.0. The average molecular weight is 252 g/mol. The van der Waals surface area contributed by atoms with Crippen molar-refractivity contribution in [2.45, 2.75) is 19.4 Å². The Morgan fingerprint density at radius 1 is 1.39 bits per heavy atom. The van der Waals surface area contributed by atoms with Crippen LogP contribution in [0.5, 0.6) is 11.5 Å². The van der Waals surface area contributed by atoms with E-state index in [1.54, 1.807) is 18.2 Å². The number of carbonyl (C=O) groups excluding carboxylic acids is 1. The lowest BCUT2D eigenvalue weighted by molar-refractivity contribution is 0.0947. The van der Waals surface area contributed by atoms with Gasteiger partial charge in [-0.05, 0) is 18.6 Å². The van der Waals surface area contributed by atoms with Gasteiger partial charge in [0.2, 0.25) is 0 Å². The Bertz CT molecular complexity index is 407. The number of para-hydroxylation sites is 1. The maximum Gasteiger partial charge on any atom is 0.255 e. The highest BCUT2D eigenvalue weighted by atomic mass is 16.5. The lowest BCUT2D eigenvalue weighted by Gasteiger charge is -2.14. The van der Waals surface area contributed by atoms with Crippen molar-refractivity contribution in [1.29, 1.82) is 0 Å². The van der Waals surface area contributed by atoms with Crippen molar-refractivity contribution in [2.24, 2.45) is 5.73 Å². The van der Waals surface area contributed by atoms with Crippen LogP contribution in [0.4, 0.5) is 0 Å². The number of nitrogens with two attached hydrogens (primary N) is 1. The second kappa shape index (κ2) is 6.86. The number of rotatable bonds is 6. The summed E-state index contributed by atoms with van der Waals surface area (Å²) in [5.74, 6) is 0.752. The number of benzene rings is 1. The van der Waals surface area contributed by atoms with E-state index >= 15 is 0 Å². The molecule has 0 radical (unpaired) electrons. The Hall–Kier alpha value is -1.75. The first-order chi connectivity index (χ1) is 8.63. The molecule has 1 atom stereocenters. The second-order valence-electron chi connectivity index (χ2n) is 3.92. The van der Waals surface area contributed by atoms with Crippen LogP contribution in [-0.2, 0) is 0 Å². The molecular weight excluding hydrogens is 232 g/mol. The van der Waals surface area contributed by atoms with Crippen molar-refractivity contribution in [3.05, 3.63) is 23.8 Å². The standard InChI is InChI=1S/C13H20N2O3/c1-4-9(14)8-15-13(16)10-6-5-7-11(17-2)12(10)18-3/h5-7,9H,4,8,14H2,1-3H3,(H,15,16). The number of amides is 1. The van der Waals surface area contributed by atoms with E-state index in [0.717, 1.165) is 6.42 Å². The van der Waals surface area contributed by atoms with Gasteiger partial charge in [0, 0.05) is 12.6 Å². The van der Waals surface area contributed by atoms with E-state index < -0.39 is 0 Å². The van der Waals surface area contributed by atoms with Crippen molar-refractivity contribution < 1.29 is 14.3 Å². The maximum absolute atomic E-state index is 12.0. The fourth-order valence-electron chi connectivity index (χ4n) is 1.53. The zero-order valence-corrected chi connectivity index (χ0v) is 11.0. The first-order valence-corrected chi connectivity index (χ1v) is 5.88. The van der Waals surface area contributed by atoms with Gasteiger partial charge in [-0.2, -0.15) is 0 Å². The Kier molecular flexibility index (Phi) is 5.45. The summed E-state index contributed by atoms with van der Waals surface area (Å²) in [6.45, 7) is 2.42. The third-order valence-corrected chi connectivity index (χ3v) is 2.70. The molecule has 0 aromatic heterocycles. The summed E-state index contributed by atoms with van der Waals surface area (Å²) < 4.78 is 10.3. The van der Waals surface area contributed by atoms with E-state index in [1.807, 2.05) is 6.92 Å². The first kappa shape index (κ1) is 14.3. The predicted molar refractivity (Wildman–Crippen MR) is 70.1 cm³/mol. The molecule has 0 saturated heterocycles. The van der Waals surface area contributed by atoms with E-state index in [4.69, 9.17) is 15.2 Å². The first-order valence-electron chi connectivity index (χ1n) is 5.88. The molecule has 0 aliphatic carbocycles. The molecule has 0 fully saturated rings. The number of hydrogen-bond donors (Lipinski definition) is 2. The molecule has 1 aromatic rings. The van der Waals surface area contributed by atoms with Gasteiger partial charge in [-0.15, -0.1) is 0 Å². The van der Waals surface area contributed by atoms with Crippen LogP contribution in [-0.4, -0.2) is 32.7 Å². The quantitative estimate of drug-likeness (QED) is 0.797. The van der Waals surface area contributed by atoms with Crippen molar-refractivity contribution in [2.75, 3.05) is 20.8 Å². The highest BCUT2D eigenvalue weighted by Crippen LogP contribution is 2.30. The van der Waals surface area contributed by atoms with Gasteiger partial charge < -0.3 is 20.5 Å². The monoisotopic (exact) mass is 252 g/mol. The summed E-state index contributed by atoms with van der Waals surface area (Å²) in [6.07, 6.45) is 0.815. The molecule has 5 nitrogen and oxygen atoms in total. The number of hydrogen-bond acceptors (Lipinski definition) is 4. The number of methoxy groups -OCH3 is 2. The van der Waals surface area contributed by atoms with Crippen LogP contribution in [0.25, 0.3) is 0 Å². The third kappa shape index (κ3) is 3.37. The molecule has 0 bridgehead atoms. The molecule has 1 unspecified atom stereocenters. The SMILES string of the molecule is CCC(N)CNC(=O)c1cccc(OC)c1OC. The summed E-state index contributed by atoms with van der Waals surface area (Å²) in [5, 5.41) is 2.78. The zero-order chi connectivity index (χ0) is 13.5. The average Bonchev–Trinajstić information content (AvgIpc) is 2.42. The minimum absolute atomic E-state index is 0.0365. The molecule has 0 spiro atoms. The van der Waals surface area contributed by atoms with Crippen molar-refractivity contribution in [3.8, 4) is 11.5 Å². The lowest BCUT2D eigenvalue weighted by atomic mass is 10.1. The molecule has 100 valence electrons. The molecule has 1 aromatic carbocycles. The summed E-state index contributed by atoms with van der Waals surface area (Å²) in [6, 6.07) is 5.14. The molecular formula is C13H20N2O3. The molecule has 0 aliphatic heterocycles. The van der Waals surface area contributed by atoms with Crippen molar-refractivity contribution in [1.82, 2.24) is 5.32 Å². The number of nitrogens with one attached hydrogen (secondary N) is 1. The largest absolute Gasteiger partial charge is 0.493 e. The predicted octanol–water partition coefficient (Wildman–Crippen LogP) is 1.17. The van der Waals surface area contributed by atoms with Crippen LogP contribution in [0.1, 0.15) is 23.7 Å².